The molecule has 10 rings (SSSR count). The molecule has 34 nitrogen and oxygen atoms in total. The zero-order valence-electron chi connectivity index (χ0n) is 74.8. The van der Waals surface area contributed by atoms with Crippen LogP contribution in [0.3, 0.4) is 0 Å². The van der Waals surface area contributed by atoms with Crippen LogP contribution in [-0.2, 0) is 170 Å². The van der Waals surface area contributed by atoms with Gasteiger partial charge < -0.3 is 99.9 Å². The molecule has 3 saturated heterocycles. The molecule has 1 N–H and O–H groups in total. The Labute approximate surface area is 816 Å². The van der Waals surface area contributed by atoms with Gasteiger partial charge in [-0.05, 0) is 184 Å². The van der Waals surface area contributed by atoms with Gasteiger partial charge in [-0.1, -0.05) is 45.2 Å². The Morgan fingerprint density at radius 3 is 0.869 bits per heavy atom. The van der Waals surface area contributed by atoms with Gasteiger partial charge in [-0.15, -0.1) is 0 Å². The van der Waals surface area contributed by atoms with E-state index >= 15 is 0 Å². The van der Waals surface area contributed by atoms with Crippen LogP contribution in [-0.4, -0.2) is 182 Å². The first-order chi connectivity index (χ1) is 65.4. The van der Waals surface area contributed by atoms with E-state index in [4.69, 9.17) is 70.2 Å². The summed E-state index contributed by atoms with van der Waals surface area (Å²) in [4.78, 5) is 0. The van der Waals surface area contributed by atoms with Gasteiger partial charge in [0.2, 0.25) is 0 Å². The predicted molar refractivity (Wildman–Crippen MR) is 461 cm³/mol. The molecule has 7 aromatic rings. The Kier molecular flexibility index (Phi) is 48.5. The summed E-state index contributed by atoms with van der Waals surface area (Å²) in [6.45, 7) is 14.3. The van der Waals surface area contributed by atoms with Crippen LogP contribution in [0.25, 0.3) is 0 Å². The molecule has 0 saturated carbocycles. The van der Waals surface area contributed by atoms with Gasteiger partial charge >= 0.3 is 137 Å². The molecular formula is C75H86B6F24O34S6. The van der Waals surface area contributed by atoms with Gasteiger partial charge in [0.25, 0.3) is 0 Å². The normalized spacial score (nSPS) is 15.1. The van der Waals surface area contributed by atoms with Crippen molar-refractivity contribution in [1.29, 1.82) is 0 Å². The van der Waals surface area contributed by atoms with Crippen LogP contribution in [0.1, 0.15) is 115 Å². The Morgan fingerprint density at radius 1 is 0.366 bits per heavy atom. The van der Waals surface area contributed by atoms with Crippen molar-refractivity contribution in [1.82, 2.24) is 0 Å². The summed E-state index contributed by atoms with van der Waals surface area (Å²) in [5.74, 6) is -9.08. The molecule has 0 aliphatic carbocycles. The van der Waals surface area contributed by atoms with E-state index in [1.165, 1.54) is 20.8 Å². The summed E-state index contributed by atoms with van der Waals surface area (Å²) >= 11 is 0. The van der Waals surface area contributed by atoms with Crippen molar-refractivity contribution < 1.29 is 256 Å². The van der Waals surface area contributed by atoms with E-state index in [1.54, 1.807) is 55.4 Å². The minimum absolute atomic E-state index is 0. The molecule has 3 aliphatic heterocycles. The molecule has 3 fully saturated rings. The highest BCUT2D eigenvalue weighted by atomic mass is 32.2. The largest absolute Gasteiger partial charge is 0.640 e. The lowest BCUT2D eigenvalue weighted by atomic mass is 9.90. The highest BCUT2D eigenvalue weighted by Crippen LogP contribution is 2.41. The summed E-state index contributed by atoms with van der Waals surface area (Å²) in [6.07, 6.45) is -1.01. The highest BCUT2D eigenvalue weighted by molar-refractivity contribution is 7.89. The van der Waals surface area contributed by atoms with E-state index in [2.05, 4.69) is 29.8 Å². The van der Waals surface area contributed by atoms with Gasteiger partial charge in [0.05, 0.1) is 76.8 Å². The molecular weight excluding hydrogens is 2160 g/mol. The molecule has 0 radical (unpaired) electrons. The molecule has 3 heterocycles. The van der Waals surface area contributed by atoms with Crippen molar-refractivity contribution in [2.45, 2.75) is 186 Å². The maximum Gasteiger partial charge on any atom is 0.640 e. The molecule has 1 atom stereocenters. The van der Waals surface area contributed by atoms with Crippen LogP contribution in [0.4, 0.5) is 105 Å². The van der Waals surface area contributed by atoms with Crippen LogP contribution in [0, 0.1) is 34.9 Å². The van der Waals surface area contributed by atoms with Crippen LogP contribution >= 0.6 is 0 Å². The van der Waals surface area contributed by atoms with Crippen LogP contribution in [0.5, 0.6) is 34.5 Å². The first-order valence-electron chi connectivity index (χ1n) is 39.3. The molecule has 1 unspecified atom stereocenters. The average molecular weight is 2240 g/mol. The summed E-state index contributed by atoms with van der Waals surface area (Å²) in [7, 11) is -40.5. The van der Waals surface area contributed by atoms with Crippen LogP contribution < -0.4 is 25.1 Å². The zero-order valence-corrected chi connectivity index (χ0v) is 79.7. The Bertz CT molecular complexity index is 5930. The lowest BCUT2D eigenvalue weighted by Crippen LogP contribution is -2.41. The van der Waals surface area contributed by atoms with E-state index in [-0.39, 0.29) is 80.3 Å². The third kappa shape index (κ3) is 41.5. The Hall–Kier alpha value is -8.89. The molecule has 0 bridgehead atoms. The lowest BCUT2D eigenvalue weighted by Gasteiger charge is -2.31. The van der Waals surface area contributed by atoms with Crippen LogP contribution in [0.15, 0.2) is 140 Å². The second-order valence-electron chi connectivity index (χ2n) is 29.6. The van der Waals surface area contributed by atoms with Gasteiger partial charge in [0.15, 0.2) is 0 Å². The van der Waals surface area contributed by atoms with Gasteiger partial charge in [-0.25, -0.2) is 26.3 Å². The van der Waals surface area contributed by atoms with Crippen molar-refractivity contribution in [2.24, 2.45) is 0 Å². The SMILES string of the molecule is C.C.CB(O)OCc1cc(F)ccc1OS(=O)(=O)C(F)(F)F.CC(C)OB(OCc1cc(F)ccc1OS(=O)(=O)C(F)(F)F)OC(C)C.CC1(C)OB(OCc2cc(F)ccc2OS(=O)(=O)C(F)(F)F)OC1(C)C.COB(C)OCc1cc(F)ccc1OS(=O)(=O)C(F)(F)F.O=S(=O)(Oc1ccc(F)cc1COB1OCC(c2ccccc2)O1)C(F)(F)F.O=S(=O)(Oc1ccc(F)cc1COB1OCCO1)C(F)(F)F. The number of rotatable bonds is 36. The van der Waals surface area contributed by atoms with E-state index in [9.17, 15) is 156 Å². The minimum atomic E-state index is -5.91. The first kappa shape index (κ1) is 130. The number of hydrogen-bond donors (Lipinski definition) is 1. The zero-order chi connectivity index (χ0) is 109. The summed E-state index contributed by atoms with van der Waals surface area (Å²) < 4.78 is 537. The highest BCUT2D eigenvalue weighted by Gasteiger charge is 2.56. The van der Waals surface area contributed by atoms with Crippen molar-refractivity contribution in [3.63, 3.8) is 0 Å². The van der Waals surface area contributed by atoms with Crippen molar-refractivity contribution in [3.8, 4) is 34.5 Å². The molecule has 70 heteroatoms. The summed E-state index contributed by atoms with van der Waals surface area (Å²) in [6, 6.07) is 22.9. The van der Waals surface area contributed by atoms with Gasteiger partial charge in [-0.2, -0.15) is 130 Å². The Morgan fingerprint density at radius 2 is 0.614 bits per heavy atom. The van der Waals surface area contributed by atoms with Crippen molar-refractivity contribution in [2.75, 3.05) is 26.9 Å². The summed E-state index contributed by atoms with van der Waals surface area (Å²) in [5, 5.41) is 8.88. The standard InChI is InChI=1S/C16H13BF4O6S.C14H17BF4O6S.C14H19BF4O6S.C10H9BF4O6S.C10H11BF4O5S.C9H9BF4O5S.2CH4/c18-13-6-7-14(27-28(22,23)16(19,20)21)12(8-13)9-24-17-25-10-15(26-17)11-4-2-1-3-5-11;1-12(2)13(3,4)25-15(24-12)22-8-9-7-10(16)5-6-11(9)23-26(20,21)14(17,18)19;1-9(2)23-15(24-10(3)4)22-8-11-7-12(16)5-6-13(11)25-26(20,21)14(17,18)19;12-8-1-2-9(21-22(16,17)10(13,14)15)7(5-8)6-20-11-18-3-4-19-11;1-11(18-2)19-6-7-5-8(12)3-4-9(7)20-21(16,17)10(13,14)15;1-10(15)18-5-6-4-7(11)2-3-8(6)19-20(16,17)9(12,13)14;;/h1-8,15H,9-10H2;5-7H,8H2,1-4H3;5-7,9-10H,8H2,1-4H3;1-2,5H,3-4,6H2;3-5H,6H2,1-2H3;2-4,15H,5H2,1H3;2*1H4. The van der Waals surface area contributed by atoms with E-state index in [0.717, 1.165) is 115 Å². The van der Waals surface area contributed by atoms with Gasteiger partial charge in [0.1, 0.15) is 69.4 Å². The maximum absolute atomic E-state index is 13.5. The molecule has 7 aromatic carbocycles. The lowest BCUT2D eigenvalue weighted by molar-refractivity contribution is -0.0505. The molecule has 812 valence electrons. The fraction of sp³-hybridized carbons (Fsp3) is 0.440. The third-order valence-electron chi connectivity index (χ3n) is 17.2. The van der Waals surface area contributed by atoms with Gasteiger partial charge in [-0.3, -0.25) is 0 Å². The number of alkyl halides is 18. The van der Waals surface area contributed by atoms with Crippen molar-refractivity contribution in [3.05, 3.63) is 213 Å². The molecule has 3 aliphatic rings. The molecule has 145 heavy (non-hydrogen) atoms. The second-order valence-corrected chi connectivity index (χ2v) is 38.8. The fourth-order valence-electron chi connectivity index (χ4n) is 9.72. The smallest absolute Gasteiger partial charge is 0.427 e. The first-order valence-corrected chi connectivity index (χ1v) is 47.7. The molecule has 0 aromatic heterocycles. The van der Waals surface area contributed by atoms with Crippen LogP contribution in [0.2, 0.25) is 13.6 Å². The molecule has 0 amide bonds. The molecule has 0 spiro atoms. The van der Waals surface area contributed by atoms with E-state index in [0.29, 0.717) is 0 Å². The minimum Gasteiger partial charge on any atom is -0.427 e. The van der Waals surface area contributed by atoms with Crippen molar-refractivity contribution >= 4 is 104 Å². The van der Waals surface area contributed by atoms with Gasteiger partial charge in [0, 0.05) is 52.7 Å². The predicted octanol–water partition coefficient (Wildman–Crippen LogP) is 16.8. The van der Waals surface area contributed by atoms with E-state index in [1.807, 2.05) is 30.3 Å². The Balaban J connectivity index is 0.000000448. The van der Waals surface area contributed by atoms with E-state index < -0.39 is 264 Å². The maximum atomic E-state index is 13.5. The summed E-state index contributed by atoms with van der Waals surface area (Å²) in [5.41, 5.74) is -35.8. The third-order valence-corrected chi connectivity index (χ3v) is 23.0. The second kappa shape index (κ2) is 54.0. The number of halogens is 24. The number of hydrogen-bond acceptors (Lipinski definition) is 34. The monoisotopic (exact) mass is 2240 g/mol. The number of benzene rings is 7. The topological polar surface area (TPSA) is 419 Å². The fourth-order valence-corrected chi connectivity index (χ4v) is 12.7. The average Bonchev–Trinajstić information content (AvgIpc) is 1.63. The quantitative estimate of drug-likeness (QED) is 0.0165.